The van der Waals surface area contributed by atoms with E-state index in [1.165, 1.54) is 0 Å². The van der Waals surface area contributed by atoms with E-state index in [0.717, 1.165) is 43.1 Å². The molecule has 37 heavy (non-hydrogen) atoms. The molecule has 2 N–H and O–H groups in total. The molecule has 0 atom stereocenters. The number of anilines is 3. The number of halogens is 3. The molecule has 3 aromatic rings. The van der Waals surface area contributed by atoms with Crippen molar-refractivity contribution in [1.29, 1.82) is 0 Å². The number of amides is 2. The average molecular weight is 515 g/mol. The Morgan fingerprint density at radius 1 is 1.00 bits per heavy atom. The summed E-state index contributed by atoms with van der Waals surface area (Å²) in [5.74, 6) is 2.04. The van der Waals surface area contributed by atoms with Gasteiger partial charge in [-0.1, -0.05) is 0 Å². The molecule has 1 saturated heterocycles. The molecular weight excluding hydrogens is 489 g/mol. The second-order valence-electron chi connectivity index (χ2n) is 8.62. The average Bonchev–Trinajstić information content (AvgIpc) is 2.92. The lowest BCUT2D eigenvalue weighted by molar-refractivity contribution is -0.122. The summed E-state index contributed by atoms with van der Waals surface area (Å²) in [4.78, 5) is 34.6. The molecule has 13 heteroatoms. The third kappa shape index (κ3) is 6.05. The van der Waals surface area contributed by atoms with Crippen LogP contribution in [0.2, 0.25) is 0 Å². The molecule has 194 valence electrons. The van der Waals surface area contributed by atoms with Gasteiger partial charge in [0.2, 0.25) is 5.95 Å². The van der Waals surface area contributed by atoms with Crippen molar-refractivity contribution in [3.05, 3.63) is 54.0 Å². The number of urea groups is 1. The quantitative estimate of drug-likeness (QED) is 0.535. The molecule has 2 aromatic heterocycles. The topological polar surface area (TPSA) is 108 Å². The molecule has 0 spiro atoms. The number of hydrogen-bond acceptors (Lipinski definition) is 8. The van der Waals surface area contributed by atoms with Gasteiger partial charge in [0.05, 0.1) is 25.5 Å². The maximum atomic E-state index is 12.3. The van der Waals surface area contributed by atoms with Crippen molar-refractivity contribution in [3.8, 4) is 11.4 Å². The Kier molecular flexibility index (Phi) is 7.04. The van der Waals surface area contributed by atoms with Gasteiger partial charge in [-0.2, -0.15) is 13.2 Å². The maximum absolute atomic E-state index is 12.3. The van der Waals surface area contributed by atoms with E-state index in [1.807, 2.05) is 0 Å². The molecule has 0 saturated carbocycles. The van der Waals surface area contributed by atoms with Crippen molar-refractivity contribution in [1.82, 2.24) is 25.3 Å². The van der Waals surface area contributed by atoms with Gasteiger partial charge < -0.3 is 25.2 Å². The van der Waals surface area contributed by atoms with E-state index < -0.39 is 18.8 Å². The predicted octanol–water partition coefficient (Wildman–Crippen LogP) is 3.02. The Balaban J connectivity index is 1.40. The van der Waals surface area contributed by atoms with E-state index in [2.05, 4.69) is 25.1 Å². The van der Waals surface area contributed by atoms with Crippen molar-refractivity contribution in [2.75, 3.05) is 54.5 Å². The maximum Gasteiger partial charge on any atom is 0.405 e. The van der Waals surface area contributed by atoms with Crippen LogP contribution in [0, 0.1) is 0 Å². The summed E-state index contributed by atoms with van der Waals surface area (Å²) in [5, 5.41) is 4.18. The van der Waals surface area contributed by atoms with Crippen molar-refractivity contribution in [2.45, 2.75) is 19.1 Å². The third-order valence-electron chi connectivity index (χ3n) is 6.04. The van der Waals surface area contributed by atoms with Crippen LogP contribution < -0.4 is 20.4 Å². The molecule has 2 amide bonds. The fourth-order valence-corrected chi connectivity index (χ4v) is 4.26. The van der Waals surface area contributed by atoms with Crippen molar-refractivity contribution in [2.24, 2.45) is 0 Å². The van der Waals surface area contributed by atoms with Gasteiger partial charge in [-0.05, 0) is 36.8 Å². The Morgan fingerprint density at radius 2 is 1.73 bits per heavy atom. The van der Waals surface area contributed by atoms with Gasteiger partial charge in [0.1, 0.15) is 12.4 Å². The van der Waals surface area contributed by atoms with E-state index in [4.69, 9.17) is 14.7 Å². The molecule has 0 radical (unpaired) electrons. The van der Waals surface area contributed by atoms with E-state index in [-0.39, 0.29) is 0 Å². The number of rotatable bonds is 5. The van der Waals surface area contributed by atoms with Crippen LogP contribution in [-0.4, -0.2) is 71.5 Å². The van der Waals surface area contributed by atoms with Crippen molar-refractivity contribution in [3.63, 3.8) is 0 Å². The largest absolute Gasteiger partial charge is 0.405 e. The van der Waals surface area contributed by atoms with Gasteiger partial charge in [0.15, 0.2) is 5.82 Å². The van der Waals surface area contributed by atoms with Crippen LogP contribution in [0.3, 0.4) is 0 Å². The number of nitrogens with zero attached hydrogens (tertiary/aromatic N) is 6. The monoisotopic (exact) mass is 514 g/mol. The van der Waals surface area contributed by atoms with Gasteiger partial charge in [-0.15, -0.1) is 0 Å². The molecule has 2 aliphatic rings. The molecule has 0 aliphatic carbocycles. The Morgan fingerprint density at radius 3 is 2.43 bits per heavy atom. The number of morpholine rings is 1. The number of hydrogen-bond donors (Lipinski definition) is 2. The zero-order chi connectivity index (χ0) is 25.8. The molecule has 1 fully saturated rings. The molecule has 1 aromatic carbocycles. The molecule has 0 bridgehead atoms. The standard InChI is InChI=1S/C24H25F3N8O2/c25-24(26,27)15-30-23(36)31-17-4-2-16(3-5-17)20-32-19-14-35(22-28-7-1-8-29-22)9-6-18(19)21(33-20)34-10-12-37-13-11-34/h1-5,7-8H,6,9-15H2,(H2,30,31,36). The molecule has 10 nitrogen and oxygen atoms in total. The summed E-state index contributed by atoms with van der Waals surface area (Å²) >= 11 is 0. The smallest absolute Gasteiger partial charge is 0.378 e. The van der Waals surface area contributed by atoms with E-state index in [9.17, 15) is 18.0 Å². The number of benzene rings is 1. The minimum Gasteiger partial charge on any atom is -0.378 e. The summed E-state index contributed by atoms with van der Waals surface area (Å²) in [7, 11) is 0. The third-order valence-corrected chi connectivity index (χ3v) is 6.04. The molecule has 2 aliphatic heterocycles. The van der Waals surface area contributed by atoms with Gasteiger partial charge in [-0.3, -0.25) is 0 Å². The van der Waals surface area contributed by atoms with Crippen LogP contribution in [0.4, 0.5) is 35.4 Å². The highest BCUT2D eigenvalue weighted by molar-refractivity contribution is 5.89. The normalized spacial score (nSPS) is 15.8. The lowest BCUT2D eigenvalue weighted by Gasteiger charge is -2.34. The number of fused-ring (bicyclic) bond motifs is 1. The zero-order valence-electron chi connectivity index (χ0n) is 19.8. The summed E-state index contributed by atoms with van der Waals surface area (Å²) in [5.41, 5.74) is 3.05. The van der Waals surface area contributed by atoms with Gasteiger partial charge in [-0.25, -0.2) is 24.7 Å². The van der Waals surface area contributed by atoms with E-state index >= 15 is 0 Å². The summed E-state index contributed by atoms with van der Waals surface area (Å²) in [6.07, 6.45) is -0.315. The fraction of sp³-hybridized carbons (Fsp3) is 0.375. The number of carbonyl (C=O) groups is 1. The lowest BCUT2D eigenvalue weighted by atomic mass is 10.0. The van der Waals surface area contributed by atoms with Crippen LogP contribution in [0.1, 0.15) is 11.3 Å². The van der Waals surface area contributed by atoms with Crippen LogP contribution in [0.25, 0.3) is 11.4 Å². The number of alkyl halides is 3. The second kappa shape index (κ2) is 10.5. The van der Waals surface area contributed by atoms with Crippen LogP contribution in [-0.2, 0) is 17.7 Å². The molecule has 5 rings (SSSR count). The van der Waals surface area contributed by atoms with Gasteiger partial charge >= 0.3 is 12.2 Å². The van der Waals surface area contributed by atoms with Crippen LogP contribution in [0.15, 0.2) is 42.7 Å². The number of carbonyl (C=O) groups excluding carboxylic acids is 1. The first-order valence-corrected chi connectivity index (χ1v) is 11.8. The highest BCUT2D eigenvalue weighted by Gasteiger charge is 2.28. The summed E-state index contributed by atoms with van der Waals surface area (Å²) in [6.45, 7) is 2.56. The zero-order valence-corrected chi connectivity index (χ0v) is 19.8. The Hall–Kier alpha value is -4.00. The van der Waals surface area contributed by atoms with E-state index in [0.29, 0.717) is 42.8 Å². The van der Waals surface area contributed by atoms with Crippen molar-refractivity contribution >= 4 is 23.5 Å². The Bertz CT molecular complexity index is 1240. The van der Waals surface area contributed by atoms with E-state index in [1.54, 1.807) is 48.0 Å². The molecule has 0 unspecified atom stereocenters. The fourth-order valence-electron chi connectivity index (χ4n) is 4.26. The molecular formula is C24H25F3N8O2. The van der Waals surface area contributed by atoms with Crippen LogP contribution in [0.5, 0.6) is 0 Å². The van der Waals surface area contributed by atoms with Gasteiger partial charge in [0.25, 0.3) is 0 Å². The number of nitrogens with one attached hydrogen (secondary N) is 2. The lowest BCUT2D eigenvalue weighted by Crippen LogP contribution is -2.39. The minimum atomic E-state index is -4.48. The number of ether oxygens (including phenoxy) is 1. The Labute approximate surface area is 210 Å². The highest BCUT2D eigenvalue weighted by atomic mass is 19.4. The first kappa shape index (κ1) is 24.7. The van der Waals surface area contributed by atoms with Crippen molar-refractivity contribution < 1.29 is 22.7 Å². The summed E-state index contributed by atoms with van der Waals surface area (Å²) in [6, 6.07) is 7.49. The second-order valence-corrected chi connectivity index (χ2v) is 8.62. The minimum absolute atomic E-state index is 0.349. The highest BCUT2D eigenvalue weighted by Crippen LogP contribution is 2.31. The first-order chi connectivity index (χ1) is 17.9. The van der Waals surface area contributed by atoms with Gasteiger partial charge in [0, 0.05) is 48.8 Å². The SMILES string of the molecule is O=C(NCC(F)(F)F)Nc1ccc(-c2nc3c(c(N4CCOCC4)n2)CCN(c2ncccn2)C3)cc1. The van der Waals surface area contributed by atoms with Crippen LogP contribution >= 0.6 is 0 Å². The number of aromatic nitrogens is 4. The summed E-state index contributed by atoms with van der Waals surface area (Å²) < 4.78 is 42.5. The molecule has 4 heterocycles. The predicted molar refractivity (Wildman–Crippen MR) is 130 cm³/mol. The first-order valence-electron chi connectivity index (χ1n) is 11.8.